The number of rotatable bonds is 5. The number of methoxy groups -OCH3 is 1. The van der Waals surface area contributed by atoms with Gasteiger partial charge in [-0.1, -0.05) is 6.07 Å². The van der Waals surface area contributed by atoms with Gasteiger partial charge in [0, 0.05) is 6.42 Å². The molecule has 0 spiro atoms. The zero-order valence-electron chi connectivity index (χ0n) is 17.3. The molecule has 0 bridgehead atoms. The summed E-state index contributed by atoms with van der Waals surface area (Å²) in [6, 6.07) is 19.9. The van der Waals surface area contributed by atoms with Crippen LogP contribution in [0.1, 0.15) is 23.6 Å². The zero-order valence-corrected chi connectivity index (χ0v) is 18.1. The van der Waals surface area contributed by atoms with Crippen LogP contribution in [-0.2, 0) is 10.0 Å². The Balaban J connectivity index is 1.54. The number of fused-ring (bicyclic) bond motifs is 1. The fraction of sp³-hybridized carbons (Fsp3) is 0.174. The Hall–Kier alpha value is -3.56. The number of nitrogens with zero attached hydrogens (tertiary/aromatic N) is 2. The number of anilines is 1. The molecule has 164 valence electrons. The average molecular weight is 452 g/mol. The third-order valence-electron chi connectivity index (χ3n) is 5.54. The molecular weight excluding hydrogens is 430 g/mol. The lowest BCUT2D eigenvalue weighted by Crippen LogP contribution is -2.19. The quantitative estimate of drug-likeness (QED) is 0.638. The summed E-state index contributed by atoms with van der Waals surface area (Å²) in [7, 11) is -2.14. The van der Waals surface area contributed by atoms with E-state index < -0.39 is 10.0 Å². The summed E-state index contributed by atoms with van der Waals surface area (Å²) in [6.45, 7) is 0.204. The Labute approximate surface area is 185 Å². The van der Waals surface area contributed by atoms with Gasteiger partial charge in [0.1, 0.15) is 5.75 Å². The van der Waals surface area contributed by atoms with Crippen molar-refractivity contribution in [1.82, 2.24) is 0 Å². The van der Waals surface area contributed by atoms with E-state index in [0.717, 1.165) is 28.3 Å². The Morgan fingerprint density at radius 3 is 2.41 bits per heavy atom. The summed E-state index contributed by atoms with van der Waals surface area (Å²) in [5, 5.41) is 12.0. The van der Waals surface area contributed by atoms with Crippen molar-refractivity contribution in [3.8, 4) is 17.2 Å². The molecule has 0 aromatic heterocycles. The number of hydrogen-bond donors (Lipinski definition) is 1. The van der Waals surface area contributed by atoms with Gasteiger partial charge in [-0.25, -0.2) is 13.6 Å². The lowest BCUT2D eigenvalue weighted by molar-refractivity contribution is 0.174. The Morgan fingerprint density at radius 2 is 1.72 bits per heavy atom. The fourth-order valence-corrected chi connectivity index (χ4v) is 4.39. The minimum absolute atomic E-state index is 0.0550. The number of nitrogens with two attached hydrogens (primary N) is 1. The van der Waals surface area contributed by atoms with Gasteiger partial charge >= 0.3 is 0 Å². The van der Waals surface area contributed by atoms with E-state index in [1.165, 1.54) is 12.1 Å². The third-order valence-corrected chi connectivity index (χ3v) is 6.47. The van der Waals surface area contributed by atoms with Crippen LogP contribution in [0, 0.1) is 0 Å². The zero-order chi connectivity index (χ0) is 22.3. The lowest BCUT2D eigenvalue weighted by atomic mass is 9.97. The second kappa shape index (κ2) is 7.85. The van der Waals surface area contributed by atoms with Gasteiger partial charge in [-0.2, -0.15) is 5.10 Å². The molecule has 2 N–H and O–H groups in total. The van der Waals surface area contributed by atoms with Crippen molar-refractivity contribution in [3.63, 3.8) is 0 Å². The maximum Gasteiger partial charge on any atom is 0.238 e. The van der Waals surface area contributed by atoms with Gasteiger partial charge in [-0.15, -0.1) is 0 Å². The minimum atomic E-state index is -3.77. The van der Waals surface area contributed by atoms with Gasteiger partial charge in [0.05, 0.1) is 29.4 Å². The predicted octanol–water partition coefficient (Wildman–Crippen LogP) is 3.43. The largest absolute Gasteiger partial charge is 0.497 e. The molecule has 32 heavy (non-hydrogen) atoms. The number of benzene rings is 3. The van der Waals surface area contributed by atoms with E-state index in [4.69, 9.17) is 24.5 Å². The van der Waals surface area contributed by atoms with Crippen molar-refractivity contribution in [2.75, 3.05) is 18.9 Å². The molecule has 3 aromatic rings. The fourth-order valence-electron chi connectivity index (χ4n) is 3.87. The number of hydrazone groups is 1. The Bertz CT molecular complexity index is 1290. The third kappa shape index (κ3) is 3.76. The van der Waals surface area contributed by atoms with Crippen LogP contribution < -0.4 is 24.4 Å². The van der Waals surface area contributed by atoms with E-state index in [2.05, 4.69) is 0 Å². The normalized spacial score (nSPS) is 17.4. The molecular formula is C23H21N3O5S. The second-order valence-corrected chi connectivity index (χ2v) is 9.05. The summed E-state index contributed by atoms with van der Waals surface area (Å²) in [4.78, 5) is 0.0550. The maximum absolute atomic E-state index is 11.6. The van der Waals surface area contributed by atoms with Crippen molar-refractivity contribution in [2.45, 2.75) is 17.4 Å². The topological polar surface area (TPSA) is 103 Å². The SMILES string of the molecule is COc1ccc(C2=NN(c3ccc(S(N)(=O)=O)cc3)C(c3ccc4c(c3)OCO4)C2)cc1. The first kappa shape index (κ1) is 20.3. The van der Waals surface area contributed by atoms with Gasteiger partial charge in [0.25, 0.3) is 0 Å². The molecule has 3 aromatic carbocycles. The van der Waals surface area contributed by atoms with E-state index in [0.29, 0.717) is 17.9 Å². The number of sulfonamides is 1. The molecule has 1 atom stereocenters. The van der Waals surface area contributed by atoms with Crippen molar-refractivity contribution >= 4 is 21.4 Å². The maximum atomic E-state index is 11.6. The molecule has 8 nitrogen and oxygen atoms in total. The smallest absolute Gasteiger partial charge is 0.238 e. The minimum Gasteiger partial charge on any atom is -0.497 e. The first-order valence-electron chi connectivity index (χ1n) is 9.96. The number of ether oxygens (including phenoxy) is 3. The number of hydrogen-bond acceptors (Lipinski definition) is 7. The first-order chi connectivity index (χ1) is 15.4. The van der Waals surface area contributed by atoms with E-state index in [1.807, 2.05) is 47.5 Å². The molecule has 0 radical (unpaired) electrons. The van der Waals surface area contributed by atoms with Crippen molar-refractivity contribution < 1.29 is 22.6 Å². The standard InChI is InChI=1S/C23H21N3O5S/c1-29-18-7-2-15(3-8-18)20-13-21(16-4-11-22-23(12-16)31-14-30-22)26(25-20)17-5-9-19(10-6-17)32(24,27)28/h2-12,21H,13-14H2,1H3,(H2,24,27,28). The summed E-state index contributed by atoms with van der Waals surface area (Å²) in [5.74, 6) is 2.19. The lowest BCUT2D eigenvalue weighted by Gasteiger charge is -2.24. The summed E-state index contributed by atoms with van der Waals surface area (Å²) in [6.07, 6.45) is 0.656. The number of primary sulfonamides is 1. The molecule has 2 aliphatic rings. The highest BCUT2D eigenvalue weighted by Gasteiger charge is 2.31. The van der Waals surface area contributed by atoms with Crippen LogP contribution in [0.15, 0.2) is 76.7 Å². The molecule has 1 unspecified atom stereocenters. The van der Waals surface area contributed by atoms with Crippen LogP contribution in [0.5, 0.6) is 17.2 Å². The molecule has 9 heteroatoms. The van der Waals surface area contributed by atoms with Crippen LogP contribution >= 0.6 is 0 Å². The van der Waals surface area contributed by atoms with E-state index >= 15 is 0 Å². The highest BCUT2D eigenvalue weighted by Crippen LogP contribution is 2.41. The van der Waals surface area contributed by atoms with Crippen LogP contribution in [0.25, 0.3) is 0 Å². The molecule has 0 aliphatic carbocycles. The molecule has 0 amide bonds. The molecule has 2 aliphatic heterocycles. The average Bonchev–Trinajstić information content (AvgIpc) is 3.45. The van der Waals surface area contributed by atoms with E-state index in [-0.39, 0.29) is 17.7 Å². The van der Waals surface area contributed by atoms with Crippen LogP contribution in [0.3, 0.4) is 0 Å². The van der Waals surface area contributed by atoms with Crippen LogP contribution in [0.2, 0.25) is 0 Å². The van der Waals surface area contributed by atoms with Gasteiger partial charge in [-0.05, 0) is 71.8 Å². The first-order valence-corrected chi connectivity index (χ1v) is 11.5. The molecule has 0 saturated heterocycles. The van der Waals surface area contributed by atoms with Gasteiger partial charge in [-0.3, -0.25) is 5.01 Å². The van der Waals surface area contributed by atoms with Gasteiger partial charge in [0.15, 0.2) is 11.5 Å². The van der Waals surface area contributed by atoms with Gasteiger partial charge in [0.2, 0.25) is 16.8 Å². The molecule has 0 fully saturated rings. The van der Waals surface area contributed by atoms with Crippen LogP contribution in [-0.4, -0.2) is 28.0 Å². The van der Waals surface area contributed by atoms with Crippen LogP contribution in [0.4, 0.5) is 5.69 Å². The summed E-state index contributed by atoms with van der Waals surface area (Å²) >= 11 is 0. The monoisotopic (exact) mass is 451 g/mol. The predicted molar refractivity (Wildman–Crippen MR) is 120 cm³/mol. The van der Waals surface area contributed by atoms with Gasteiger partial charge < -0.3 is 14.2 Å². The molecule has 2 heterocycles. The van der Waals surface area contributed by atoms with Crippen molar-refractivity contribution in [2.24, 2.45) is 10.2 Å². The van der Waals surface area contributed by atoms with E-state index in [9.17, 15) is 8.42 Å². The second-order valence-electron chi connectivity index (χ2n) is 7.49. The van der Waals surface area contributed by atoms with Crippen molar-refractivity contribution in [3.05, 3.63) is 77.9 Å². The summed E-state index contributed by atoms with van der Waals surface area (Å²) < 4.78 is 39.6. The summed E-state index contributed by atoms with van der Waals surface area (Å²) in [5.41, 5.74) is 3.66. The highest BCUT2D eigenvalue weighted by atomic mass is 32.2. The highest BCUT2D eigenvalue weighted by molar-refractivity contribution is 7.89. The Kier molecular flexibility index (Phi) is 4.99. The molecule has 5 rings (SSSR count). The Morgan fingerprint density at radius 1 is 1.00 bits per heavy atom. The molecule has 0 saturated carbocycles. The van der Waals surface area contributed by atoms with Crippen molar-refractivity contribution in [1.29, 1.82) is 0 Å². The van der Waals surface area contributed by atoms with E-state index in [1.54, 1.807) is 19.2 Å².